The van der Waals surface area contributed by atoms with E-state index in [1.54, 1.807) is 25.1 Å². The van der Waals surface area contributed by atoms with E-state index in [2.05, 4.69) is 0 Å². The highest BCUT2D eigenvalue weighted by atomic mass is 31.2. The number of aromatic amines is 1. The van der Waals surface area contributed by atoms with Crippen molar-refractivity contribution >= 4 is 7.82 Å². The summed E-state index contributed by atoms with van der Waals surface area (Å²) in [4.78, 5) is 25.6. The lowest BCUT2D eigenvalue weighted by Gasteiger charge is -2.29. The van der Waals surface area contributed by atoms with Crippen molar-refractivity contribution in [3.05, 3.63) is 61.9 Å². The maximum atomic E-state index is 15.4. The van der Waals surface area contributed by atoms with Crippen LogP contribution in [0.2, 0.25) is 0 Å². The van der Waals surface area contributed by atoms with Gasteiger partial charge in [0.2, 0.25) is 0 Å². The standard InChI is InChI=1S/C18H20FN2O10P/c1-9-3-2-4-10-7-28-32(27,31-13(9)10)29-8-18(19)14(24)12(23)16(30-18)21-5-11(6-22)15(25)20-17(21)26/h2-5,12,14,16,22-24H,6-8H2,1H3,(H,20,25,26)/t12-,14+,16-,18-,32?/m1/s1. The van der Waals surface area contributed by atoms with Gasteiger partial charge in [-0.1, -0.05) is 18.2 Å². The third kappa shape index (κ3) is 3.92. The van der Waals surface area contributed by atoms with Gasteiger partial charge in [-0.3, -0.25) is 23.4 Å². The molecule has 1 saturated heterocycles. The Morgan fingerprint density at radius 3 is 2.84 bits per heavy atom. The first-order valence-corrected chi connectivity index (χ1v) is 10.9. The number of para-hydroxylation sites is 1. The quantitative estimate of drug-likeness (QED) is 0.432. The van der Waals surface area contributed by atoms with Crippen LogP contribution in [0.1, 0.15) is 22.9 Å². The van der Waals surface area contributed by atoms with Gasteiger partial charge in [0.05, 0.1) is 18.8 Å². The zero-order valence-electron chi connectivity index (χ0n) is 16.6. The maximum absolute atomic E-state index is 15.4. The van der Waals surface area contributed by atoms with Gasteiger partial charge in [-0.2, -0.15) is 0 Å². The third-order valence-electron chi connectivity index (χ3n) is 5.15. The first kappa shape index (κ1) is 22.8. The number of ether oxygens (including phenoxy) is 1. The second-order valence-electron chi connectivity index (χ2n) is 7.36. The smallest absolute Gasteiger partial charge is 0.403 e. The van der Waals surface area contributed by atoms with Gasteiger partial charge >= 0.3 is 13.5 Å². The number of phosphoric acid groups is 1. The van der Waals surface area contributed by atoms with Crippen molar-refractivity contribution < 1.29 is 42.6 Å². The Labute approximate surface area is 179 Å². The van der Waals surface area contributed by atoms with E-state index in [1.165, 1.54) is 0 Å². The van der Waals surface area contributed by atoms with Crippen molar-refractivity contribution in [3.8, 4) is 5.75 Å². The minimum absolute atomic E-state index is 0.126. The Bertz CT molecular complexity index is 1200. The number of aliphatic hydroxyl groups is 3. The Balaban J connectivity index is 1.54. The van der Waals surface area contributed by atoms with Crippen molar-refractivity contribution in [2.75, 3.05) is 6.61 Å². The van der Waals surface area contributed by atoms with Gasteiger partial charge in [-0.15, -0.1) is 0 Å². The summed E-state index contributed by atoms with van der Waals surface area (Å²) in [6.07, 6.45) is -5.13. The highest BCUT2D eigenvalue weighted by Gasteiger charge is 2.57. The van der Waals surface area contributed by atoms with Gasteiger partial charge in [0.1, 0.15) is 24.6 Å². The van der Waals surface area contributed by atoms with Crippen molar-refractivity contribution in [2.24, 2.45) is 0 Å². The van der Waals surface area contributed by atoms with Crippen LogP contribution in [0.4, 0.5) is 4.39 Å². The molecule has 5 atom stereocenters. The molecule has 0 radical (unpaired) electrons. The highest BCUT2D eigenvalue weighted by molar-refractivity contribution is 7.49. The van der Waals surface area contributed by atoms with Crippen LogP contribution in [0, 0.1) is 6.92 Å². The van der Waals surface area contributed by atoms with Crippen LogP contribution in [0.5, 0.6) is 5.75 Å². The number of nitrogens with zero attached hydrogens (tertiary/aromatic N) is 1. The molecule has 2 aliphatic heterocycles. The lowest BCUT2D eigenvalue weighted by Crippen LogP contribution is -2.43. The summed E-state index contributed by atoms with van der Waals surface area (Å²) < 4.78 is 49.3. The fourth-order valence-electron chi connectivity index (χ4n) is 3.40. The van der Waals surface area contributed by atoms with Gasteiger partial charge in [0.15, 0.2) is 6.23 Å². The molecule has 1 fully saturated rings. The summed E-state index contributed by atoms with van der Waals surface area (Å²) in [5.74, 6) is -2.85. The van der Waals surface area contributed by atoms with Crippen molar-refractivity contribution in [1.82, 2.24) is 9.55 Å². The van der Waals surface area contributed by atoms with Gasteiger partial charge in [0.25, 0.3) is 11.4 Å². The van der Waals surface area contributed by atoms with E-state index in [1.807, 2.05) is 4.98 Å². The van der Waals surface area contributed by atoms with E-state index in [-0.39, 0.29) is 17.9 Å². The van der Waals surface area contributed by atoms with E-state index in [0.29, 0.717) is 15.7 Å². The molecule has 32 heavy (non-hydrogen) atoms. The summed E-state index contributed by atoms with van der Waals surface area (Å²) in [5, 5.41) is 29.7. The molecule has 1 unspecified atom stereocenters. The van der Waals surface area contributed by atoms with Crippen LogP contribution in [-0.4, -0.2) is 49.5 Å². The third-order valence-corrected chi connectivity index (χ3v) is 6.45. The summed E-state index contributed by atoms with van der Waals surface area (Å²) in [7, 11) is -4.30. The summed E-state index contributed by atoms with van der Waals surface area (Å²) in [6, 6.07) is 5.15. The average Bonchev–Trinajstić information content (AvgIpc) is 2.98. The molecule has 1 aromatic carbocycles. The second-order valence-corrected chi connectivity index (χ2v) is 8.95. The number of benzene rings is 1. The van der Waals surface area contributed by atoms with Crippen LogP contribution in [0.25, 0.3) is 0 Å². The number of halogens is 1. The Morgan fingerprint density at radius 1 is 1.38 bits per heavy atom. The van der Waals surface area contributed by atoms with Gasteiger partial charge in [-0.25, -0.2) is 13.8 Å². The summed E-state index contributed by atoms with van der Waals surface area (Å²) in [6.45, 7) is -0.341. The van der Waals surface area contributed by atoms with E-state index in [4.69, 9.17) is 18.3 Å². The van der Waals surface area contributed by atoms with Gasteiger partial charge in [0, 0.05) is 11.8 Å². The molecule has 12 nitrogen and oxygen atoms in total. The van der Waals surface area contributed by atoms with Crippen molar-refractivity contribution in [3.63, 3.8) is 0 Å². The zero-order valence-corrected chi connectivity index (χ0v) is 17.5. The van der Waals surface area contributed by atoms with E-state index in [0.717, 1.165) is 6.20 Å². The predicted molar refractivity (Wildman–Crippen MR) is 103 cm³/mol. The predicted octanol–water partition coefficient (Wildman–Crippen LogP) is -0.0124. The topological polar surface area (TPSA) is 170 Å². The molecule has 4 N–H and O–H groups in total. The summed E-state index contributed by atoms with van der Waals surface area (Å²) in [5.41, 5.74) is -0.955. The second kappa shape index (κ2) is 8.19. The van der Waals surface area contributed by atoms with E-state index < -0.39 is 56.6 Å². The molecule has 0 saturated carbocycles. The molecule has 174 valence electrons. The first-order chi connectivity index (χ1) is 15.1. The molecular formula is C18H20FN2O10P. The van der Waals surface area contributed by atoms with Crippen LogP contribution >= 0.6 is 7.82 Å². The maximum Gasteiger partial charge on any atom is 0.530 e. The molecular weight excluding hydrogens is 454 g/mol. The van der Waals surface area contributed by atoms with E-state index >= 15 is 4.39 Å². The lowest BCUT2D eigenvalue weighted by atomic mass is 10.1. The summed E-state index contributed by atoms with van der Waals surface area (Å²) >= 11 is 0. The lowest BCUT2D eigenvalue weighted by molar-refractivity contribution is -0.205. The number of aryl methyl sites for hydroxylation is 1. The Kier molecular flexibility index (Phi) is 5.84. The van der Waals surface area contributed by atoms with Crippen LogP contribution < -0.4 is 15.8 Å². The zero-order chi connectivity index (χ0) is 23.3. The van der Waals surface area contributed by atoms with Crippen molar-refractivity contribution in [1.29, 1.82) is 0 Å². The molecule has 0 amide bonds. The average molecular weight is 474 g/mol. The molecule has 0 spiro atoms. The molecule has 0 bridgehead atoms. The number of hydrogen-bond donors (Lipinski definition) is 4. The van der Waals surface area contributed by atoms with Crippen molar-refractivity contribution in [2.45, 2.75) is 44.4 Å². The molecule has 14 heteroatoms. The molecule has 0 aliphatic carbocycles. The van der Waals surface area contributed by atoms with Crippen LogP contribution in [0.3, 0.4) is 0 Å². The number of alkyl halides is 1. The van der Waals surface area contributed by atoms with Gasteiger partial charge in [-0.05, 0) is 12.5 Å². The molecule has 3 heterocycles. The SMILES string of the molecule is Cc1cccc2c1OP(=O)(OC[C@@]1(F)O[C@@H](n3cc(CO)c(=O)[nH]c3=O)[C@H](O)[C@@H]1O)OC2. The number of hydrogen-bond acceptors (Lipinski definition) is 10. The highest BCUT2D eigenvalue weighted by Crippen LogP contribution is 2.56. The first-order valence-electron chi connectivity index (χ1n) is 9.42. The molecule has 4 rings (SSSR count). The fourth-order valence-corrected chi connectivity index (χ4v) is 4.69. The molecule has 2 aromatic rings. The fraction of sp³-hybridized carbons (Fsp3) is 0.444. The molecule has 1 aromatic heterocycles. The number of fused-ring (bicyclic) bond motifs is 1. The van der Waals surface area contributed by atoms with Crippen LogP contribution in [-0.2, 0) is 31.6 Å². The number of nitrogens with one attached hydrogen (secondary N) is 1. The molecule has 2 aliphatic rings. The Morgan fingerprint density at radius 2 is 2.12 bits per heavy atom. The van der Waals surface area contributed by atoms with Gasteiger partial charge < -0.3 is 24.6 Å². The monoisotopic (exact) mass is 474 g/mol. The number of rotatable bonds is 5. The number of aromatic nitrogens is 2. The number of aliphatic hydroxyl groups excluding tert-OH is 3. The number of H-pyrrole nitrogens is 1. The minimum atomic E-state index is -4.30. The largest absolute Gasteiger partial charge is 0.530 e. The minimum Gasteiger partial charge on any atom is -0.403 e. The Hall–Kier alpha value is -2.38. The van der Waals surface area contributed by atoms with E-state index in [9.17, 15) is 29.5 Å². The number of phosphoric ester groups is 1. The van der Waals surface area contributed by atoms with Crippen LogP contribution in [0.15, 0.2) is 34.0 Å². The normalized spacial score (nSPS) is 31.8.